The summed E-state index contributed by atoms with van der Waals surface area (Å²) >= 11 is 0. The highest BCUT2D eigenvalue weighted by molar-refractivity contribution is 7.89. The molecule has 5 heteroatoms. The van der Waals surface area contributed by atoms with Crippen molar-refractivity contribution >= 4 is 20.9 Å². The van der Waals surface area contributed by atoms with Gasteiger partial charge in [-0.15, -0.1) is 0 Å². The number of aromatic nitrogens is 1. The average Bonchev–Trinajstić information content (AvgIpc) is 3.12. The Morgan fingerprint density at radius 1 is 0.962 bits per heavy atom. The molecule has 0 aliphatic rings. The highest BCUT2D eigenvalue weighted by atomic mass is 32.2. The first-order valence-electron chi connectivity index (χ1n) is 8.25. The molecular weight excluding hydrogens is 344 g/mol. The molecule has 1 radical (unpaired) electrons. The van der Waals surface area contributed by atoms with Crippen LogP contribution in [0.4, 0.5) is 0 Å². The molecule has 1 heterocycles. The Kier molecular flexibility index (Phi) is 4.32. The van der Waals surface area contributed by atoms with Gasteiger partial charge >= 0.3 is 0 Å². The lowest BCUT2D eigenvalue weighted by atomic mass is 10.2. The second-order valence-electron chi connectivity index (χ2n) is 5.98. The summed E-state index contributed by atoms with van der Waals surface area (Å²) in [7, 11) is -3.52. The number of hydrogen-bond donors (Lipinski definition) is 1. The molecule has 0 aliphatic heterocycles. The van der Waals surface area contributed by atoms with Crippen molar-refractivity contribution in [2.75, 3.05) is 0 Å². The van der Waals surface area contributed by atoms with Gasteiger partial charge in [0.1, 0.15) is 0 Å². The summed E-state index contributed by atoms with van der Waals surface area (Å²) in [5.41, 5.74) is 2.97. The first kappa shape index (κ1) is 16.6. The molecule has 0 aliphatic carbocycles. The third-order valence-electron chi connectivity index (χ3n) is 4.24. The van der Waals surface area contributed by atoms with Crippen LogP contribution in [-0.2, 0) is 16.6 Å². The van der Waals surface area contributed by atoms with Crippen LogP contribution in [0.5, 0.6) is 0 Å². The van der Waals surface area contributed by atoms with Gasteiger partial charge in [0.15, 0.2) is 0 Å². The van der Waals surface area contributed by atoms with E-state index in [-0.39, 0.29) is 11.4 Å². The summed E-state index contributed by atoms with van der Waals surface area (Å²) < 4.78 is 29.5. The largest absolute Gasteiger partial charge is 0.317 e. The van der Waals surface area contributed by atoms with Crippen molar-refractivity contribution < 1.29 is 8.42 Å². The summed E-state index contributed by atoms with van der Waals surface area (Å²) in [6, 6.07) is 27.2. The van der Waals surface area contributed by atoms with Crippen molar-refractivity contribution in [3.63, 3.8) is 0 Å². The minimum absolute atomic E-state index is 0.234. The molecule has 4 rings (SSSR count). The number of rotatable bonds is 5. The van der Waals surface area contributed by atoms with Gasteiger partial charge in [-0.3, -0.25) is 0 Å². The topological polar surface area (TPSA) is 51.1 Å². The van der Waals surface area contributed by atoms with Gasteiger partial charge in [0.25, 0.3) is 0 Å². The van der Waals surface area contributed by atoms with Gasteiger partial charge < -0.3 is 4.57 Å². The molecule has 0 saturated carbocycles. The number of nitrogens with zero attached hydrogens (tertiary/aromatic N) is 1. The monoisotopic (exact) mass is 361 g/mol. The van der Waals surface area contributed by atoms with Crippen molar-refractivity contribution in [1.82, 2.24) is 9.29 Å². The fraction of sp³-hybridized carbons (Fsp3) is 0.0476. The number of sulfonamides is 1. The standard InChI is InChI=1S/C21H17N2O2S/c24-26(25,20-10-2-1-3-11-20)22-16-17-7-6-9-19(15-17)23-14-13-18-8-4-5-12-21(18)23/h1-3,5-15,22H,16H2. The second kappa shape index (κ2) is 6.78. The van der Waals surface area contributed by atoms with E-state index >= 15 is 0 Å². The van der Waals surface area contributed by atoms with Crippen LogP contribution in [0.1, 0.15) is 5.56 Å². The Morgan fingerprint density at radius 2 is 1.81 bits per heavy atom. The molecule has 4 aromatic rings. The summed E-state index contributed by atoms with van der Waals surface area (Å²) in [4.78, 5) is 0.267. The third-order valence-corrected chi connectivity index (χ3v) is 5.66. The van der Waals surface area contributed by atoms with E-state index in [1.54, 1.807) is 30.3 Å². The smallest absolute Gasteiger partial charge is 0.240 e. The molecule has 4 nitrogen and oxygen atoms in total. The predicted molar refractivity (Wildman–Crippen MR) is 103 cm³/mol. The molecule has 0 unspecified atom stereocenters. The Labute approximate surface area is 152 Å². The van der Waals surface area contributed by atoms with Gasteiger partial charge in [-0.25, -0.2) is 13.1 Å². The Balaban J connectivity index is 1.59. The van der Waals surface area contributed by atoms with Gasteiger partial charge in [0.2, 0.25) is 10.0 Å². The maximum absolute atomic E-state index is 12.4. The molecule has 0 spiro atoms. The highest BCUT2D eigenvalue weighted by Gasteiger charge is 2.13. The zero-order valence-corrected chi connectivity index (χ0v) is 14.8. The van der Waals surface area contributed by atoms with E-state index < -0.39 is 10.0 Å². The molecule has 3 aromatic carbocycles. The maximum atomic E-state index is 12.4. The van der Waals surface area contributed by atoms with Gasteiger partial charge in [-0.1, -0.05) is 36.4 Å². The molecule has 26 heavy (non-hydrogen) atoms. The van der Waals surface area contributed by atoms with Crippen LogP contribution >= 0.6 is 0 Å². The summed E-state index contributed by atoms with van der Waals surface area (Å²) in [5, 5.41) is 1.11. The SMILES string of the molecule is O=S(=O)(NCc1cccc(-n2ccc3c[c]ccc32)c1)c1ccccc1. The van der Waals surface area contributed by atoms with E-state index in [1.165, 1.54) is 0 Å². The van der Waals surface area contributed by atoms with Crippen LogP contribution in [0.2, 0.25) is 0 Å². The first-order valence-corrected chi connectivity index (χ1v) is 9.73. The highest BCUT2D eigenvalue weighted by Crippen LogP contribution is 2.21. The zero-order chi connectivity index (χ0) is 18.0. The normalized spacial score (nSPS) is 11.7. The van der Waals surface area contributed by atoms with Gasteiger partial charge in [0.05, 0.1) is 10.4 Å². The molecule has 0 bridgehead atoms. The maximum Gasteiger partial charge on any atom is 0.240 e. The van der Waals surface area contributed by atoms with E-state index in [0.29, 0.717) is 0 Å². The molecule has 0 fully saturated rings. The van der Waals surface area contributed by atoms with Crippen LogP contribution in [0, 0.1) is 6.07 Å². The minimum Gasteiger partial charge on any atom is -0.317 e. The Bertz CT molecular complexity index is 1150. The number of nitrogens with one attached hydrogen (secondary N) is 1. The number of benzene rings is 3. The summed E-state index contributed by atoms with van der Waals surface area (Å²) in [5.74, 6) is 0. The molecule has 0 saturated heterocycles. The Hall–Kier alpha value is -2.89. The van der Waals surface area contributed by atoms with Crippen molar-refractivity contribution in [2.45, 2.75) is 11.4 Å². The number of fused-ring (bicyclic) bond motifs is 1. The molecule has 0 atom stereocenters. The average molecular weight is 361 g/mol. The van der Waals surface area contributed by atoms with Crippen molar-refractivity contribution in [1.29, 1.82) is 0 Å². The third kappa shape index (κ3) is 3.27. The van der Waals surface area contributed by atoms with E-state index in [4.69, 9.17) is 0 Å². The second-order valence-corrected chi connectivity index (χ2v) is 7.75. The van der Waals surface area contributed by atoms with E-state index in [9.17, 15) is 8.42 Å². The van der Waals surface area contributed by atoms with Crippen molar-refractivity contribution in [3.05, 3.63) is 96.7 Å². The summed E-state index contributed by atoms with van der Waals surface area (Å²) in [6.07, 6.45) is 2.01. The van der Waals surface area contributed by atoms with Crippen LogP contribution in [0.15, 0.2) is 90.0 Å². The van der Waals surface area contributed by atoms with E-state index in [0.717, 1.165) is 22.2 Å². The number of hydrogen-bond acceptors (Lipinski definition) is 2. The van der Waals surface area contributed by atoms with Gasteiger partial charge in [-0.2, -0.15) is 0 Å². The van der Waals surface area contributed by atoms with Gasteiger partial charge in [-0.05, 0) is 54.1 Å². The molecule has 0 amide bonds. The van der Waals surface area contributed by atoms with Crippen LogP contribution in [0.3, 0.4) is 0 Å². The fourth-order valence-electron chi connectivity index (χ4n) is 2.93. The van der Waals surface area contributed by atoms with E-state index in [1.807, 2.05) is 54.7 Å². The molecular formula is C21H17N2O2S. The first-order chi connectivity index (χ1) is 12.6. The molecule has 1 N–H and O–H groups in total. The fourth-order valence-corrected chi connectivity index (χ4v) is 3.96. The lowest BCUT2D eigenvalue weighted by Gasteiger charge is -2.10. The molecule has 129 valence electrons. The van der Waals surface area contributed by atoms with Crippen LogP contribution in [0.25, 0.3) is 16.6 Å². The predicted octanol–water partition coefficient (Wildman–Crippen LogP) is 3.91. The lowest BCUT2D eigenvalue weighted by Crippen LogP contribution is -2.23. The zero-order valence-electron chi connectivity index (χ0n) is 14.0. The van der Waals surface area contributed by atoms with Crippen molar-refractivity contribution in [3.8, 4) is 5.69 Å². The minimum atomic E-state index is -3.52. The van der Waals surface area contributed by atoms with Crippen molar-refractivity contribution in [2.24, 2.45) is 0 Å². The van der Waals surface area contributed by atoms with Crippen LogP contribution < -0.4 is 4.72 Å². The van der Waals surface area contributed by atoms with E-state index in [2.05, 4.69) is 15.4 Å². The Morgan fingerprint density at radius 3 is 2.65 bits per heavy atom. The van der Waals surface area contributed by atoms with Crippen LogP contribution in [-0.4, -0.2) is 13.0 Å². The quantitative estimate of drug-likeness (QED) is 0.586. The van der Waals surface area contributed by atoms with Gasteiger partial charge in [0, 0.05) is 23.8 Å². The lowest BCUT2D eigenvalue weighted by molar-refractivity contribution is 0.581. The molecule has 1 aromatic heterocycles. The summed E-state index contributed by atoms with van der Waals surface area (Å²) in [6.45, 7) is 0.234.